The summed E-state index contributed by atoms with van der Waals surface area (Å²) in [7, 11) is 3.39. The molecule has 1 aromatic rings. The lowest BCUT2D eigenvalue weighted by atomic mass is 10.2. The highest BCUT2D eigenvalue weighted by atomic mass is 16.5. The van der Waals surface area contributed by atoms with Crippen LogP contribution in [0.4, 0.5) is 5.69 Å². The number of aryl methyl sites for hydroxylation is 1. The first kappa shape index (κ1) is 13.3. The summed E-state index contributed by atoms with van der Waals surface area (Å²) < 4.78 is 4.64. The summed E-state index contributed by atoms with van der Waals surface area (Å²) in [6, 6.07) is 8.25. The molecule has 0 radical (unpaired) electrons. The van der Waals surface area contributed by atoms with Gasteiger partial charge in [0.2, 0.25) is 0 Å². The second-order valence-electron chi connectivity index (χ2n) is 4.10. The van der Waals surface area contributed by atoms with Gasteiger partial charge >= 0.3 is 5.97 Å². The van der Waals surface area contributed by atoms with E-state index in [2.05, 4.69) is 28.7 Å². The van der Waals surface area contributed by atoms with E-state index < -0.39 is 0 Å². The van der Waals surface area contributed by atoms with Gasteiger partial charge in [0.1, 0.15) is 0 Å². The smallest absolute Gasteiger partial charge is 0.333 e. The van der Waals surface area contributed by atoms with Gasteiger partial charge in [0.15, 0.2) is 0 Å². The van der Waals surface area contributed by atoms with Crippen molar-refractivity contribution >= 4 is 11.7 Å². The maximum absolute atomic E-state index is 11.2. The van der Waals surface area contributed by atoms with Gasteiger partial charge in [-0.2, -0.15) is 0 Å². The predicted octanol–water partition coefficient (Wildman–Crippen LogP) is 2.55. The molecule has 0 N–H and O–H groups in total. The normalized spacial score (nSPS) is 11.2. The molecule has 1 rings (SSSR count). The molecule has 0 aliphatic carbocycles. The van der Waals surface area contributed by atoms with E-state index in [1.807, 2.05) is 25.3 Å². The standard InChI is InChI=1S/C14H19NO2/c1-11-6-5-7-13(10-11)15(3)9-8-12(2)14(16)17-4/h5-8,10H,9H2,1-4H3. The van der Waals surface area contributed by atoms with Gasteiger partial charge in [-0.15, -0.1) is 0 Å². The number of methoxy groups -OCH3 is 1. The van der Waals surface area contributed by atoms with E-state index in [1.54, 1.807) is 6.92 Å². The molecular formula is C14H19NO2. The first-order valence-corrected chi connectivity index (χ1v) is 5.57. The number of hydrogen-bond donors (Lipinski definition) is 0. The fourth-order valence-electron chi connectivity index (χ4n) is 1.49. The number of benzene rings is 1. The van der Waals surface area contributed by atoms with Crippen LogP contribution in [-0.4, -0.2) is 26.7 Å². The lowest BCUT2D eigenvalue weighted by Gasteiger charge is -2.18. The molecule has 0 saturated heterocycles. The Balaban J connectivity index is 2.67. The molecule has 0 bridgehead atoms. The van der Waals surface area contributed by atoms with Gasteiger partial charge in [0, 0.05) is 24.9 Å². The van der Waals surface area contributed by atoms with E-state index >= 15 is 0 Å². The van der Waals surface area contributed by atoms with Gasteiger partial charge in [-0.3, -0.25) is 0 Å². The first-order valence-electron chi connectivity index (χ1n) is 5.57. The van der Waals surface area contributed by atoms with Crippen LogP contribution in [0.2, 0.25) is 0 Å². The molecule has 0 saturated carbocycles. The number of esters is 1. The van der Waals surface area contributed by atoms with Crippen molar-refractivity contribution in [2.45, 2.75) is 13.8 Å². The summed E-state index contributed by atoms with van der Waals surface area (Å²) in [6.45, 7) is 4.51. The van der Waals surface area contributed by atoms with E-state index in [1.165, 1.54) is 12.7 Å². The Morgan fingerprint density at radius 2 is 2.18 bits per heavy atom. The summed E-state index contributed by atoms with van der Waals surface area (Å²) in [6.07, 6.45) is 1.87. The Morgan fingerprint density at radius 3 is 2.76 bits per heavy atom. The second-order valence-corrected chi connectivity index (χ2v) is 4.10. The Hall–Kier alpha value is -1.77. The second kappa shape index (κ2) is 6.09. The molecule has 17 heavy (non-hydrogen) atoms. The molecule has 0 fully saturated rings. The van der Waals surface area contributed by atoms with Crippen LogP contribution >= 0.6 is 0 Å². The van der Waals surface area contributed by atoms with Crippen molar-refractivity contribution in [1.29, 1.82) is 0 Å². The summed E-state index contributed by atoms with van der Waals surface area (Å²) >= 11 is 0. The van der Waals surface area contributed by atoms with Crippen LogP contribution in [0, 0.1) is 6.92 Å². The fraction of sp³-hybridized carbons (Fsp3) is 0.357. The number of carbonyl (C=O) groups is 1. The minimum Gasteiger partial charge on any atom is -0.466 e. The van der Waals surface area contributed by atoms with Crippen molar-refractivity contribution in [2.24, 2.45) is 0 Å². The maximum atomic E-state index is 11.2. The number of anilines is 1. The SMILES string of the molecule is COC(=O)C(C)=CCN(C)c1cccc(C)c1. The molecule has 1 aromatic carbocycles. The summed E-state index contributed by atoms with van der Waals surface area (Å²) in [5.74, 6) is -0.275. The van der Waals surface area contributed by atoms with Crippen LogP contribution in [0.15, 0.2) is 35.9 Å². The number of rotatable bonds is 4. The van der Waals surface area contributed by atoms with Crippen LogP contribution in [0.3, 0.4) is 0 Å². The summed E-state index contributed by atoms with van der Waals surface area (Å²) in [5, 5.41) is 0. The molecule has 0 amide bonds. The number of carbonyl (C=O) groups excluding carboxylic acids is 1. The van der Waals surface area contributed by atoms with Gasteiger partial charge in [0.05, 0.1) is 7.11 Å². The Morgan fingerprint density at radius 1 is 1.47 bits per heavy atom. The van der Waals surface area contributed by atoms with Gasteiger partial charge < -0.3 is 9.64 Å². The van der Waals surface area contributed by atoms with Crippen molar-refractivity contribution in [1.82, 2.24) is 0 Å². The van der Waals surface area contributed by atoms with Crippen LogP contribution in [-0.2, 0) is 9.53 Å². The van der Waals surface area contributed by atoms with Crippen molar-refractivity contribution in [3.63, 3.8) is 0 Å². The lowest BCUT2D eigenvalue weighted by Crippen LogP contribution is -2.18. The number of likely N-dealkylation sites (N-methyl/N-ethyl adjacent to an activating group) is 1. The monoisotopic (exact) mass is 233 g/mol. The number of nitrogens with zero attached hydrogens (tertiary/aromatic N) is 1. The Bertz CT molecular complexity index is 424. The van der Waals surface area contributed by atoms with Crippen LogP contribution < -0.4 is 4.90 Å². The van der Waals surface area contributed by atoms with E-state index in [9.17, 15) is 4.79 Å². The molecular weight excluding hydrogens is 214 g/mol. The van der Waals surface area contributed by atoms with Crippen LogP contribution in [0.5, 0.6) is 0 Å². The molecule has 0 aliphatic heterocycles. The van der Waals surface area contributed by atoms with E-state index in [0.717, 1.165) is 5.69 Å². The maximum Gasteiger partial charge on any atom is 0.333 e. The zero-order chi connectivity index (χ0) is 12.8. The summed E-state index contributed by atoms with van der Waals surface area (Å²) in [5.41, 5.74) is 2.99. The zero-order valence-electron chi connectivity index (χ0n) is 10.9. The van der Waals surface area contributed by atoms with Crippen LogP contribution in [0.1, 0.15) is 12.5 Å². The van der Waals surface area contributed by atoms with Crippen molar-refractivity contribution < 1.29 is 9.53 Å². The molecule has 0 spiro atoms. The Kier molecular flexibility index (Phi) is 4.76. The highest BCUT2D eigenvalue weighted by Crippen LogP contribution is 2.14. The van der Waals surface area contributed by atoms with Gasteiger partial charge in [-0.25, -0.2) is 4.79 Å². The van der Waals surface area contributed by atoms with E-state index in [4.69, 9.17) is 0 Å². The quantitative estimate of drug-likeness (QED) is 0.591. The van der Waals surface area contributed by atoms with Gasteiger partial charge in [0.25, 0.3) is 0 Å². The molecule has 0 heterocycles. The topological polar surface area (TPSA) is 29.5 Å². The highest BCUT2D eigenvalue weighted by Gasteiger charge is 2.04. The minimum atomic E-state index is -0.275. The lowest BCUT2D eigenvalue weighted by molar-refractivity contribution is -0.136. The average Bonchev–Trinajstić information content (AvgIpc) is 2.34. The average molecular weight is 233 g/mol. The third-order valence-electron chi connectivity index (χ3n) is 2.62. The predicted molar refractivity (Wildman–Crippen MR) is 70.2 cm³/mol. The fourth-order valence-corrected chi connectivity index (χ4v) is 1.49. The molecule has 0 aromatic heterocycles. The summed E-state index contributed by atoms with van der Waals surface area (Å²) in [4.78, 5) is 13.3. The van der Waals surface area contributed by atoms with E-state index in [-0.39, 0.29) is 5.97 Å². The largest absolute Gasteiger partial charge is 0.466 e. The molecule has 3 heteroatoms. The number of ether oxygens (including phenoxy) is 1. The molecule has 0 atom stereocenters. The van der Waals surface area contributed by atoms with Crippen molar-refractivity contribution in [3.8, 4) is 0 Å². The van der Waals surface area contributed by atoms with Crippen LogP contribution in [0.25, 0.3) is 0 Å². The Labute approximate surface area is 103 Å². The van der Waals surface area contributed by atoms with E-state index in [0.29, 0.717) is 12.1 Å². The van der Waals surface area contributed by atoms with Gasteiger partial charge in [-0.05, 0) is 31.5 Å². The zero-order valence-corrected chi connectivity index (χ0v) is 10.9. The molecule has 0 unspecified atom stereocenters. The van der Waals surface area contributed by atoms with Crippen molar-refractivity contribution in [2.75, 3.05) is 25.6 Å². The third kappa shape index (κ3) is 3.94. The highest BCUT2D eigenvalue weighted by molar-refractivity contribution is 5.87. The first-order chi connectivity index (χ1) is 8.04. The molecule has 3 nitrogen and oxygen atoms in total. The third-order valence-corrected chi connectivity index (χ3v) is 2.62. The molecule has 92 valence electrons. The van der Waals surface area contributed by atoms with Gasteiger partial charge in [-0.1, -0.05) is 18.2 Å². The van der Waals surface area contributed by atoms with Crippen molar-refractivity contribution in [3.05, 3.63) is 41.5 Å². The molecule has 0 aliphatic rings. The minimum absolute atomic E-state index is 0.275. The number of hydrogen-bond acceptors (Lipinski definition) is 3.